The highest BCUT2D eigenvalue weighted by Gasteiger charge is 2.35. The second kappa shape index (κ2) is 7.16. The van der Waals surface area contributed by atoms with E-state index in [2.05, 4.69) is 34.6 Å². The van der Waals surface area contributed by atoms with Crippen LogP contribution in [0.25, 0.3) is 17.2 Å². The van der Waals surface area contributed by atoms with E-state index < -0.39 is 0 Å². The van der Waals surface area contributed by atoms with E-state index in [-0.39, 0.29) is 11.3 Å². The van der Waals surface area contributed by atoms with E-state index in [1.54, 1.807) is 6.08 Å². The zero-order chi connectivity index (χ0) is 17.8. The van der Waals surface area contributed by atoms with Gasteiger partial charge in [-0.25, -0.2) is 4.98 Å². The first-order chi connectivity index (χ1) is 12.8. The molecule has 0 atom stereocenters. The molecule has 132 valence electrons. The summed E-state index contributed by atoms with van der Waals surface area (Å²) < 4.78 is 5.61. The van der Waals surface area contributed by atoms with Gasteiger partial charge in [0, 0.05) is 24.1 Å². The number of rotatable bonds is 5. The first-order valence-electron chi connectivity index (χ1n) is 9.12. The number of benzene rings is 2. The van der Waals surface area contributed by atoms with Crippen molar-refractivity contribution in [2.75, 3.05) is 6.54 Å². The van der Waals surface area contributed by atoms with Gasteiger partial charge in [-0.1, -0.05) is 55.3 Å². The fourth-order valence-corrected chi connectivity index (χ4v) is 3.83. The van der Waals surface area contributed by atoms with Crippen molar-refractivity contribution in [1.29, 1.82) is 0 Å². The lowest BCUT2D eigenvalue weighted by Gasteiger charge is -2.29. The van der Waals surface area contributed by atoms with Crippen LogP contribution in [0.5, 0.6) is 0 Å². The lowest BCUT2D eigenvalue weighted by atomic mass is 9.79. The van der Waals surface area contributed by atoms with Gasteiger partial charge in [0.15, 0.2) is 5.58 Å². The van der Waals surface area contributed by atoms with Crippen LogP contribution < -0.4 is 5.32 Å². The van der Waals surface area contributed by atoms with Crippen molar-refractivity contribution < 1.29 is 9.21 Å². The minimum absolute atomic E-state index is 0.0579. The zero-order valence-electron chi connectivity index (χ0n) is 14.7. The van der Waals surface area contributed by atoms with Gasteiger partial charge in [-0.15, -0.1) is 0 Å². The summed E-state index contributed by atoms with van der Waals surface area (Å²) in [5.41, 5.74) is 2.89. The molecular weight excluding hydrogens is 324 g/mol. The highest BCUT2D eigenvalue weighted by molar-refractivity contribution is 5.91. The van der Waals surface area contributed by atoms with Crippen molar-refractivity contribution in [3.05, 3.63) is 72.1 Å². The van der Waals surface area contributed by atoms with Crippen molar-refractivity contribution in [2.45, 2.75) is 31.1 Å². The topological polar surface area (TPSA) is 55.1 Å². The van der Waals surface area contributed by atoms with E-state index in [0.717, 1.165) is 23.9 Å². The van der Waals surface area contributed by atoms with Gasteiger partial charge >= 0.3 is 0 Å². The van der Waals surface area contributed by atoms with Crippen LogP contribution in [0.4, 0.5) is 0 Å². The molecule has 1 aliphatic carbocycles. The van der Waals surface area contributed by atoms with E-state index in [1.807, 2.05) is 30.3 Å². The van der Waals surface area contributed by atoms with Crippen LogP contribution in [0, 0.1) is 0 Å². The molecular formula is C22H22N2O2. The van der Waals surface area contributed by atoms with Gasteiger partial charge in [-0.05, 0) is 30.5 Å². The van der Waals surface area contributed by atoms with Crippen LogP contribution in [0.3, 0.4) is 0 Å². The predicted molar refractivity (Wildman–Crippen MR) is 103 cm³/mol. The number of oxazole rings is 1. The molecule has 1 fully saturated rings. The van der Waals surface area contributed by atoms with Crippen molar-refractivity contribution >= 4 is 23.1 Å². The van der Waals surface area contributed by atoms with Crippen LogP contribution in [0.1, 0.15) is 37.1 Å². The largest absolute Gasteiger partial charge is 0.437 e. The van der Waals surface area contributed by atoms with Gasteiger partial charge in [-0.2, -0.15) is 0 Å². The summed E-state index contributed by atoms with van der Waals surface area (Å²) in [4.78, 5) is 16.6. The minimum Gasteiger partial charge on any atom is -0.437 e. The number of carbonyl (C=O) groups is 1. The van der Waals surface area contributed by atoms with Crippen LogP contribution in [-0.4, -0.2) is 17.4 Å². The second-order valence-corrected chi connectivity index (χ2v) is 6.92. The molecule has 1 aliphatic rings. The average Bonchev–Trinajstić information content (AvgIpc) is 3.33. The molecule has 1 aromatic heterocycles. The molecule has 0 radical (unpaired) electrons. The first kappa shape index (κ1) is 16.6. The molecule has 3 aromatic rings. The maximum absolute atomic E-state index is 12.3. The molecule has 4 heteroatoms. The highest BCUT2D eigenvalue weighted by Crippen LogP contribution is 2.40. The molecule has 4 nitrogen and oxygen atoms in total. The Morgan fingerprint density at radius 3 is 2.58 bits per heavy atom. The van der Waals surface area contributed by atoms with E-state index in [4.69, 9.17) is 4.42 Å². The highest BCUT2D eigenvalue weighted by atomic mass is 16.3. The third-order valence-electron chi connectivity index (χ3n) is 5.24. The molecule has 0 unspecified atom stereocenters. The van der Waals surface area contributed by atoms with Gasteiger partial charge in [0.05, 0.1) is 0 Å². The number of carbonyl (C=O) groups excluding carboxylic acids is 1. The van der Waals surface area contributed by atoms with Gasteiger partial charge < -0.3 is 9.73 Å². The smallest absolute Gasteiger partial charge is 0.244 e. The molecule has 0 aliphatic heterocycles. The first-order valence-corrected chi connectivity index (χ1v) is 9.12. The van der Waals surface area contributed by atoms with E-state index in [1.165, 1.54) is 24.5 Å². The Labute approximate surface area is 152 Å². The monoisotopic (exact) mass is 346 g/mol. The summed E-state index contributed by atoms with van der Waals surface area (Å²) in [5.74, 6) is 0.328. The van der Waals surface area contributed by atoms with Gasteiger partial charge in [0.25, 0.3) is 0 Å². The normalized spacial score (nSPS) is 16.3. The molecule has 1 saturated carbocycles. The lowest BCUT2D eigenvalue weighted by molar-refractivity contribution is -0.116. The molecule has 1 amide bonds. The quantitative estimate of drug-likeness (QED) is 0.694. The average molecular weight is 346 g/mol. The number of nitrogens with zero attached hydrogens (tertiary/aromatic N) is 1. The summed E-state index contributed by atoms with van der Waals surface area (Å²) in [6, 6.07) is 18.1. The Balaban J connectivity index is 1.42. The van der Waals surface area contributed by atoms with Crippen molar-refractivity contribution in [3.8, 4) is 0 Å². The number of nitrogens with one attached hydrogen (secondary N) is 1. The maximum atomic E-state index is 12.3. The van der Waals surface area contributed by atoms with Crippen LogP contribution >= 0.6 is 0 Å². The van der Waals surface area contributed by atoms with Gasteiger partial charge in [0.1, 0.15) is 5.52 Å². The molecule has 26 heavy (non-hydrogen) atoms. The summed E-state index contributed by atoms with van der Waals surface area (Å²) >= 11 is 0. The molecule has 2 aromatic carbocycles. The number of amides is 1. The van der Waals surface area contributed by atoms with Crippen LogP contribution in [-0.2, 0) is 10.2 Å². The number of fused-ring (bicyclic) bond motifs is 1. The Hall–Kier alpha value is -2.88. The fraction of sp³-hybridized carbons (Fsp3) is 0.273. The number of hydrogen-bond donors (Lipinski definition) is 1. The predicted octanol–water partition coefficient (Wildman–Crippen LogP) is 4.47. The lowest BCUT2D eigenvalue weighted by Crippen LogP contribution is -2.38. The molecule has 1 N–H and O–H groups in total. The van der Waals surface area contributed by atoms with Crippen LogP contribution in [0.15, 0.2) is 65.1 Å². The molecule has 0 bridgehead atoms. The molecule has 0 saturated heterocycles. The Morgan fingerprint density at radius 1 is 1.08 bits per heavy atom. The SMILES string of the molecule is O=C(/C=C/c1nc2ccccc2o1)NCC1(c2ccccc2)CCCC1. The van der Waals surface area contributed by atoms with Gasteiger partial charge in [0.2, 0.25) is 11.8 Å². The fourth-order valence-electron chi connectivity index (χ4n) is 3.83. The number of hydrogen-bond acceptors (Lipinski definition) is 3. The summed E-state index contributed by atoms with van der Waals surface area (Å²) in [6.07, 6.45) is 7.78. The third kappa shape index (κ3) is 3.40. The summed E-state index contributed by atoms with van der Waals surface area (Å²) in [6.45, 7) is 0.660. The Morgan fingerprint density at radius 2 is 1.81 bits per heavy atom. The molecule has 1 heterocycles. The Bertz CT molecular complexity index is 888. The zero-order valence-corrected chi connectivity index (χ0v) is 14.7. The number of para-hydroxylation sites is 2. The standard InChI is InChI=1S/C22H22N2O2/c25-20(12-13-21-24-18-10-4-5-11-19(18)26-21)23-16-22(14-6-7-15-22)17-8-2-1-3-9-17/h1-5,8-13H,6-7,14-16H2,(H,23,25)/b13-12+. The van der Waals surface area contributed by atoms with Crippen LogP contribution in [0.2, 0.25) is 0 Å². The number of aromatic nitrogens is 1. The molecule has 0 spiro atoms. The Kier molecular flexibility index (Phi) is 4.57. The second-order valence-electron chi connectivity index (χ2n) is 6.92. The third-order valence-corrected chi connectivity index (χ3v) is 5.24. The van der Waals surface area contributed by atoms with Crippen molar-refractivity contribution in [2.24, 2.45) is 0 Å². The van der Waals surface area contributed by atoms with E-state index >= 15 is 0 Å². The summed E-state index contributed by atoms with van der Waals surface area (Å²) in [5, 5.41) is 3.07. The van der Waals surface area contributed by atoms with Gasteiger partial charge in [-0.3, -0.25) is 4.79 Å². The minimum atomic E-state index is -0.116. The summed E-state index contributed by atoms with van der Waals surface area (Å²) in [7, 11) is 0. The maximum Gasteiger partial charge on any atom is 0.244 e. The van der Waals surface area contributed by atoms with Crippen molar-refractivity contribution in [3.63, 3.8) is 0 Å². The molecule has 4 rings (SSSR count). The van der Waals surface area contributed by atoms with Crippen molar-refractivity contribution in [1.82, 2.24) is 10.3 Å². The van der Waals surface area contributed by atoms with E-state index in [9.17, 15) is 4.79 Å². The van der Waals surface area contributed by atoms with E-state index in [0.29, 0.717) is 12.4 Å².